The molecule has 1 saturated heterocycles. The predicted octanol–water partition coefficient (Wildman–Crippen LogP) is 4.83. The highest BCUT2D eigenvalue weighted by atomic mass is 16.5. The van der Waals surface area contributed by atoms with Crippen molar-refractivity contribution >= 4 is 39.7 Å². The van der Waals surface area contributed by atoms with Gasteiger partial charge in [0, 0.05) is 56.3 Å². The lowest BCUT2D eigenvalue weighted by molar-refractivity contribution is -0.111. The van der Waals surface area contributed by atoms with Crippen LogP contribution in [0.4, 0.5) is 22.9 Å². The number of hydrogen-bond acceptors (Lipinski definition) is 8. The molecule has 1 aliphatic rings. The summed E-state index contributed by atoms with van der Waals surface area (Å²) in [5.41, 5.74) is 5.02. The van der Waals surface area contributed by atoms with E-state index in [1.54, 1.807) is 7.11 Å². The lowest BCUT2D eigenvalue weighted by atomic mass is 10.0. The summed E-state index contributed by atoms with van der Waals surface area (Å²) in [5.74, 6) is 0.965. The van der Waals surface area contributed by atoms with Gasteiger partial charge in [-0.1, -0.05) is 19.6 Å². The Hall–Kier alpha value is -4.44. The normalized spacial score (nSPS) is 14.2. The van der Waals surface area contributed by atoms with Crippen LogP contribution in [0.15, 0.2) is 61.6 Å². The van der Waals surface area contributed by atoms with Crippen LogP contribution in [0.1, 0.15) is 19.8 Å². The average Bonchev–Trinajstić information content (AvgIpc) is 3.36. The third-order valence-corrected chi connectivity index (χ3v) is 7.66. The standard InChI is InChI=1S/C30H36N8O2/c1-6-30(39)35-24-15-25(28(40-5)17-27(24)36(3)22-10-12-38(7-2)13-11-22)34-29-16-23(31-19-32-29)20-8-9-26-21(14-20)18-33-37(26)4/h6,8-9,14-19,22H,1,7,10-13H2,2-5H3,(H,35,39)(H,31,32,34). The number of carbonyl (C=O) groups is 1. The summed E-state index contributed by atoms with van der Waals surface area (Å²) >= 11 is 0. The highest BCUT2D eigenvalue weighted by Crippen LogP contribution is 2.39. The molecule has 2 aromatic heterocycles. The van der Waals surface area contributed by atoms with Gasteiger partial charge in [0.05, 0.1) is 41.6 Å². The maximum atomic E-state index is 12.4. The Balaban J connectivity index is 1.45. The molecule has 3 heterocycles. The zero-order valence-corrected chi connectivity index (χ0v) is 23.5. The van der Waals surface area contributed by atoms with Crippen LogP contribution in [0.3, 0.4) is 0 Å². The number of benzene rings is 2. The fraction of sp³-hybridized carbons (Fsp3) is 0.333. The molecule has 0 radical (unpaired) electrons. The number of anilines is 4. The van der Waals surface area contributed by atoms with Crippen LogP contribution in [0.25, 0.3) is 22.2 Å². The summed E-state index contributed by atoms with van der Waals surface area (Å²) in [5, 5.41) is 11.7. The Bertz CT molecular complexity index is 1520. The van der Waals surface area contributed by atoms with E-state index in [9.17, 15) is 4.79 Å². The first kappa shape index (κ1) is 27.1. The molecule has 2 aromatic carbocycles. The van der Waals surface area contributed by atoms with E-state index in [0.29, 0.717) is 29.0 Å². The van der Waals surface area contributed by atoms with E-state index in [-0.39, 0.29) is 5.91 Å². The number of aryl methyl sites for hydroxylation is 1. The molecule has 5 rings (SSSR count). The van der Waals surface area contributed by atoms with Crippen molar-refractivity contribution in [3.63, 3.8) is 0 Å². The topological polar surface area (TPSA) is 100 Å². The van der Waals surface area contributed by atoms with Crippen LogP contribution in [0, 0.1) is 0 Å². The van der Waals surface area contributed by atoms with Gasteiger partial charge in [-0.3, -0.25) is 9.48 Å². The molecule has 10 heteroatoms. The zero-order chi connectivity index (χ0) is 28.2. The first-order chi connectivity index (χ1) is 19.4. The second-order valence-corrected chi connectivity index (χ2v) is 9.99. The van der Waals surface area contributed by atoms with Gasteiger partial charge in [0.1, 0.15) is 17.9 Å². The molecule has 0 unspecified atom stereocenters. The van der Waals surface area contributed by atoms with E-state index in [1.165, 1.54) is 12.4 Å². The molecular weight excluding hydrogens is 504 g/mol. The largest absolute Gasteiger partial charge is 0.494 e. The molecule has 1 fully saturated rings. The van der Waals surface area contributed by atoms with Gasteiger partial charge in [0.2, 0.25) is 5.91 Å². The minimum atomic E-state index is -0.276. The van der Waals surface area contributed by atoms with Gasteiger partial charge in [-0.2, -0.15) is 5.10 Å². The number of carbonyl (C=O) groups excluding carboxylic acids is 1. The summed E-state index contributed by atoms with van der Waals surface area (Å²) in [4.78, 5) is 26.0. The van der Waals surface area contributed by atoms with Crippen molar-refractivity contribution in [2.75, 3.05) is 49.3 Å². The lowest BCUT2D eigenvalue weighted by Gasteiger charge is -2.38. The molecule has 0 bridgehead atoms. The first-order valence-electron chi connectivity index (χ1n) is 13.5. The van der Waals surface area contributed by atoms with Crippen LogP contribution in [-0.2, 0) is 11.8 Å². The van der Waals surface area contributed by atoms with Crippen molar-refractivity contribution in [2.24, 2.45) is 7.05 Å². The average molecular weight is 541 g/mol. The number of hydrogen-bond donors (Lipinski definition) is 2. The highest BCUT2D eigenvalue weighted by molar-refractivity contribution is 6.02. The summed E-state index contributed by atoms with van der Waals surface area (Å²) in [6.07, 6.45) is 6.75. The fourth-order valence-corrected chi connectivity index (χ4v) is 5.28. The van der Waals surface area contributed by atoms with Gasteiger partial charge < -0.3 is 25.2 Å². The number of ether oxygens (including phenoxy) is 1. The van der Waals surface area contributed by atoms with Gasteiger partial charge in [0.15, 0.2) is 0 Å². The Kier molecular flexibility index (Phi) is 7.97. The number of piperidine rings is 1. The molecule has 10 nitrogen and oxygen atoms in total. The molecule has 0 saturated carbocycles. The van der Waals surface area contributed by atoms with Crippen LogP contribution < -0.4 is 20.3 Å². The van der Waals surface area contributed by atoms with E-state index in [0.717, 1.165) is 60.3 Å². The third-order valence-electron chi connectivity index (χ3n) is 7.66. The molecule has 0 atom stereocenters. The fourth-order valence-electron chi connectivity index (χ4n) is 5.28. The number of methoxy groups -OCH3 is 1. The minimum Gasteiger partial charge on any atom is -0.494 e. The summed E-state index contributed by atoms with van der Waals surface area (Å²) < 4.78 is 7.64. The summed E-state index contributed by atoms with van der Waals surface area (Å²) in [7, 11) is 5.64. The highest BCUT2D eigenvalue weighted by Gasteiger charge is 2.25. The van der Waals surface area contributed by atoms with Crippen molar-refractivity contribution in [1.29, 1.82) is 0 Å². The van der Waals surface area contributed by atoms with Crippen molar-refractivity contribution in [3.8, 4) is 17.0 Å². The maximum Gasteiger partial charge on any atom is 0.247 e. The number of rotatable bonds is 9. The molecule has 0 spiro atoms. The van der Waals surface area contributed by atoms with Crippen molar-refractivity contribution in [1.82, 2.24) is 24.6 Å². The van der Waals surface area contributed by atoms with Crippen molar-refractivity contribution < 1.29 is 9.53 Å². The van der Waals surface area contributed by atoms with Gasteiger partial charge in [-0.05, 0) is 43.7 Å². The number of amides is 1. The van der Waals surface area contributed by atoms with Gasteiger partial charge >= 0.3 is 0 Å². The minimum absolute atomic E-state index is 0.276. The van der Waals surface area contributed by atoms with E-state index >= 15 is 0 Å². The molecule has 1 amide bonds. The Morgan fingerprint density at radius 3 is 2.70 bits per heavy atom. The smallest absolute Gasteiger partial charge is 0.247 e. The van der Waals surface area contributed by atoms with E-state index in [1.807, 2.05) is 48.3 Å². The molecule has 208 valence electrons. The summed E-state index contributed by atoms with van der Waals surface area (Å²) in [6, 6.07) is 12.2. The quantitative estimate of drug-likeness (QED) is 0.291. The van der Waals surface area contributed by atoms with Gasteiger partial charge in [0.25, 0.3) is 0 Å². The van der Waals surface area contributed by atoms with Crippen molar-refractivity contribution in [3.05, 3.63) is 61.6 Å². The number of likely N-dealkylation sites (tertiary alicyclic amines) is 1. The summed E-state index contributed by atoms with van der Waals surface area (Å²) in [6.45, 7) is 9.00. The maximum absolute atomic E-state index is 12.4. The number of aromatic nitrogens is 4. The first-order valence-corrected chi connectivity index (χ1v) is 13.5. The second kappa shape index (κ2) is 11.7. The molecule has 2 N–H and O–H groups in total. The number of fused-ring (bicyclic) bond motifs is 1. The number of nitrogens with one attached hydrogen (secondary N) is 2. The molecule has 40 heavy (non-hydrogen) atoms. The Morgan fingerprint density at radius 2 is 1.98 bits per heavy atom. The van der Waals surface area contributed by atoms with Gasteiger partial charge in [-0.15, -0.1) is 0 Å². The van der Waals surface area contributed by atoms with Crippen LogP contribution in [0.2, 0.25) is 0 Å². The Morgan fingerprint density at radius 1 is 1.18 bits per heavy atom. The monoisotopic (exact) mass is 540 g/mol. The SMILES string of the molecule is C=CC(=O)Nc1cc(Nc2cc(-c3ccc4c(cnn4C)c3)ncn2)c(OC)cc1N(C)C1CCN(CC)CC1. The molecule has 4 aromatic rings. The molecule has 1 aliphatic heterocycles. The van der Waals surface area contributed by atoms with Crippen LogP contribution >= 0.6 is 0 Å². The van der Waals surface area contributed by atoms with Crippen LogP contribution in [-0.4, -0.2) is 70.4 Å². The third kappa shape index (κ3) is 5.62. The van der Waals surface area contributed by atoms with E-state index in [2.05, 4.69) is 62.1 Å². The molecular formula is C30H36N8O2. The van der Waals surface area contributed by atoms with E-state index < -0.39 is 0 Å². The van der Waals surface area contributed by atoms with Crippen LogP contribution in [0.5, 0.6) is 5.75 Å². The number of nitrogens with zero attached hydrogens (tertiary/aromatic N) is 6. The lowest BCUT2D eigenvalue weighted by Crippen LogP contribution is -2.43. The predicted molar refractivity (Wildman–Crippen MR) is 160 cm³/mol. The second-order valence-electron chi connectivity index (χ2n) is 9.99. The molecule has 0 aliphatic carbocycles. The Labute approximate surface area is 234 Å². The van der Waals surface area contributed by atoms with Crippen molar-refractivity contribution in [2.45, 2.75) is 25.8 Å². The van der Waals surface area contributed by atoms with E-state index in [4.69, 9.17) is 4.74 Å². The zero-order valence-electron chi connectivity index (χ0n) is 23.5. The van der Waals surface area contributed by atoms with Gasteiger partial charge in [-0.25, -0.2) is 9.97 Å².